The van der Waals surface area contributed by atoms with Gasteiger partial charge in [0.05, 0.1) is 17.2 Å². The Morgan fingerprint density at radius 2 is 2.28 bits per heavy atom. The fourth-order valence-corrected chi connectivity index (χ4v) is 3.78. The number of thiazole rings is 1. The van der Waals surface area contributed by atoms with E-state index in [-0.39, 0.29) is 12.5 Å². The van der Waals surface area contributed by atoms with Gasteiger partial charge in [-0.1, -0.05) is 27.3 Å². The van der Waals surface area contributed by atoms with Crippen molar-refractivity contribution in [2.75, 3.05) is 6.61 Å². The molecule has 1 unspecified atom stereocenters. The van der Waals surface area contributed by atoms with Crippen molar-refractivity contribution in [1.82, 2.24) is 4.57 Å². The average molecular weight is 423 g/mol. The van der Waals surface area contributed by atoms with Crippen LogP contribution in [0.5, 0.6) is 5.88 Å². The van der Waals surface area contributed by atoms with E-state index in [1.807, 2.05) is 18.2 Å². The zero-order valence-corrected chi connectivity index (χ0v) is 15.9. The van der Waals surface area contributed by atoms with E-state index < -0.39 is 16.9 Å². The highest BCUT2D eigenvalue weighted by Gasteiger charge is 2.24. The third-order valence-electron chi connectivity index (χ3n) is 3.76. The summed E-state index contributed by atoms with van der Waals surface area (Å²) >= 11 is 4.29. The lowest BCUT2D eigenvalue weighted by Gasteiger charge is -2.12. The van der Waals surface area contributed by atoms with E-state index in [2.05, 4.69) is 20.9 Å². The number of fused-ring (bicyclic) bond motifs is 1. The van der Waals surface area contributed by atoms with Crippen LogP contribution in [0.15, 0.2) is 32.5 Å². The Hall–Kier alpha value is -2.19. The van der Waals surface area contributed by atoms with Gasteiger partial charge in [-0.05, 0) is 38.1 Å². The van der Waals surface area contributed by atoms with Crippen LogP contribution in [0.1, 0.15) is 30.3 Å². The highest BCUT2D eigenvalue weighted by Crippen LogP contribution is 2.36. The minimum atomic E-state index is -0.894. The number of rotatable bonds is 4. The van der Waals surface area contributed by atoms with Gasteiger partial charge >= 0.3 is 10.8 Å². The lowest BCUT2D eigenvalue weighted by molar-refractivity contribution is -0.146. The topological polar surface area (TPSA) is 80.9 Å². The molecule has 0 spiro atoms. The monoisotopic (exact) mass is 422 g/mol. The largest absolute Gasteiger partial charge is 0.493 e. The molecule has 2 heterocycles. The molecule has 6 nitrogen and oxygen atoms in total. The van der Waals surface area contributed by atoms with Crippen molar-refractivity contribution in [3.8, 4) is 5.88 Å². The molecule has 1 aliphatic heterocycles. The lowest BCUT2D eigenvalue weighted by atomic mass is 10.1. The summed E-state index contributed by atoms with van der Waals surface area (Å²) in [5.41, 5.74) is 2.50. The molecular formula is C17H15BrN2O4S. The van der Waals surface area contributed by atoms with Crippen molar-refractivity contribution in [2.45, 2.75) is 19.9 Å². The summed E-state index contributed by atoms with van der Waals surface area (Å²) in [6.07, 6.45) is 3.37. The van der Waals surface area contributed by atoms with Crippen molar-refractivity contribution >= 4 is 56.8 Å². The first-order valence-electron chi connectivity index (χ1n) is 7.59. The Morgan fingerprint density at radius 3 is 3.00 bits per heavy atom. The molecule has 0 amide bonds. The number of halogens is 1. The summed E-state index contributed by atoms with van der Waals surface area (Å²) in [5, 5.41) is 10.4. The molecule has 1 N–H and O–H groups in total. The first-order chi connectivity index (χ1) is 11.9. The van der Waals surface area contributed by atoms with Gasteiger partial charge in [0.1, 0.15) is 6.04 Å². The van der Waals surface area contributed by atoms with Gasteiger partial charge in [-0.15, -0.1) is 0 Å². The quantitative estimate of drug-likeness (QED) is 0.760. The summed E-state index contributed by atoms with van der Waals surface area (Å²) in [6.45, 7) is 3.42. The smallest absolute Gasteiger partial charge is 0.329 e. The number of carbonyl (C=O) groups excluding carboxylic acids is 1. The molecule has 0 fully saturated rings. The zero-order chi connectivity index (χ0) is 18.1. The van der Waals surface area contributed by atoms with Crippen LogP contribution in [0.4, 0.5) is 5.69 Å². The Bertz CT molecular complexity index is 958. The van der Waals surface area contributed by atoms with Crippen LogP contribution in [0.2, 0.25) is 0 Å². The predicted molar refractivity (Wildman–Crippen MR) is 102 cm³/mol. The van der Waals surface area contributed by atoms with Crippen molar-refractivity contribution in [3.63, 3.8) is 0 Å². The first kappa shape index (κ1) is 17.6. The van der Waals surface area contributed by atoms with E-state index in [0.717, 1.165) is 37.2 Å². The van der Waals surface area contributed by atoms with Crippen LogP contribution < -0.4 is 4.87 Å². The summed E-state index contributed by atoms with van der Waals surface area (Å²) in [6, 6.07) is 4.81. The minimum Gasteiger partial charge on any atom is -0.493 e. The van der Waals surface area contributed by atoms with Crippen LogP contribution in [-0.2, 0) is 9.53 Å². The van der Waals surface area contributed by atoms with Crippen LogP contribution >= 0.6 is 27.3 Å². The van der Waals surface area contributed by atoms with E-state index in [9.17, 15) is 14.7 Å². The molecule has 25 heavy (non-hydrogen) atoms. The van der Waals surface area contributed by atoms with Gasteiger partial charge in [-0.3, -0.25) is 14.4 Å². The zero-order valence-electron chi connectivity index (χ0n) is 13.5. The Labute approximate surface area is 156 Å². The maximum atomic E-state index is 12.2. The van der Waals surface area contributed by atoms with Crippen LogP contribution in [-0.4, -0.2) is 28.5 Å². The van der Waals surface area contributed by atoms with E-state index in [0.29, 0.717) is 4.88 Å². The molecule has 0 aliphatic carbocycles. The number of aromatic hydroxyl groups is 1. The summed E-state index contributed by atoms with van der Waals surface area (Å²) < 4.78 is 6.88. The number of benzene rings is 1. The molecule has 1 aliphatic rings. The predicted octanol–water partition coefficient (Wildman–Crippen LogP) is 3.76. The summed E-state index contributed by atoms with van der Waals surface area (Å²) in [5.74, 6) is -0.812. The van der Waals surface area contributed by atoms with Gasteiger partial charge in [0.25, 0.3) is 0 Å². The molecule has 1 aromatic carbocycles. The van der Waals surface area contributed by atoms with E-state index in [1.54, 1.807) is 19.2 Å². The van der Waals surface area contributed by atoms with E-state index >= 15 is 0 Å². The molecular weight excluding hydrogens is 408 g/mol. The second kappa shape index (κ2) is 6.97. The van der Waals surface area contributed by atoms with Gasteiger partial charge in [0, 0.05) is 21.8 Å². The van der Waals surface area contributed by atoms with Crippen molar-refractivity contribution in [2.24, 2.45) is 4.99 Å². The summed E-state index contributed by atoms with van der Waals surface area (Å²) in [7, 11) is 0. The van der Waals surface area contributed by atoms with Crippen molar-refractivity contribution < 1.29 is 14.6 Å². The lowest BCUT2D eigenvalue weighted by Crippen LogP contribution is -2.25. The number of hydrogen-bond donors (Lipinski definition) is 1. The van der Waals surface area contributed by atoms with Crippen LogP contribution in [0.25, 0.3) is 11.6 Å². The third kappa shape index (κ3) is 3.32. The molecule has 130 valence electrons. The fraction of sp³-hybridized carbons (Fsp3) is 0.235. The number of aliphatic imine (C=N–C) groups is 1. The fourth-order valence-electron chi connectivity index (χ4n) is 2.51. The number of carbonyl (C=O) groups is 1. The second-order valence-corrected chi connectivity index (χ2v) is 7.28. The third-order valence-corrected chi connectivity index (χ3v) is 5.14. The maximum absolute atomic E-state index is 12.2. The molecule has 3 rings (SSSR count). The average Bonchev–Trinajstić information content (AvgIpc) is 3.08. The first-order valence-corrected chi connectivity index (χ1v) is 9.20. The normalized spacial score (nSPS) is 15.4. The number of aromatic nitrogens is 1. The highest BCUT2D eigenvalue weighted by atomic mass is 79.9. The number of nitrogens with zero attached hydrogens (tertiary/aromatic N) is 2. The molecule has 1 atom stereocenters. The number of ether oxygens (including phenoxy) is 1. The Balaban J connectivity index is 2.01. The maximum Gasteiger partial charge on any atom is 0.329 e. The molecule has 8 heteroatoms. The molecule has 1 aromatic heterocycles. The number of allylic oxidation sites excluding steroid dienone is 1. The Kier molecular flexibility index (Phi) is 4.91. The van der Waals surface area contributed by atoms with Crippen LogP contribution in [0.3, 0.4) is 0 Å². The van der Waals surface area contributed by atoms with Gasteiger partial charge in [0.2, 0.25) is 5.88 Å². The minimum absolute atomic E-state index is 0.210. The summed E-state index contributed by atoms with van der Waals surface area (Å²) in [4.78, 5) is 28.4. The number of hydrogen-bond acceptors (Lipinski definition) is 6. The molecule has 0 saturated heterocycles. The second-order valence-electron chi connectivity index (χ2n) is 5.37. The molecule has 2 aromatic rings. The van der Waals surface area contributed by atoms with Gasteiger partial charge in [-0.2, -0.15) is 0 Å². The van der Waals surface area contributed by atoms with Gasteiger partial charge < -0.3 is 9.84 Å². The van der Waals surface area contributed by atoms with Crippen molar-refractivity contribution in [3.05, 3.63) is 42.8 Å². The SMILES string of the molecule is CCOC(=O)C(C)n1c(O)c(/C=C2\C=Nc3ccc(Br)cc32)sc1=O. The van der Waals surface area contributed by atoms with Crippen LogP contribution in [0, 0.1) is 0 Å². The van der Waals surface area contributed by atoms with E-state index in [4.69, 9.17) is 4.74 Å². The van der Waals surface area contributed by atoms with Gasteiger partial charge in [0.15, 0.2) is 0 Å². The standard InChI is InChI=1S/C17H15BrN2O4S/c1-3-24-16(22)9(2)20-15(21)14(25-17(20)23)6-10-8-19-13-5-4-11(18)7-12(10)13/h4-9,21H,3H2,1-2H3/b10-6+. The molecule has 0 saturated carbocycles. The highest BCUT2D eigenvalue weighted by molar-refractivity contribution is 9.10. The Morgan fingerprint density at radius 1 is 1.52 bits per heavy atom. The van der Waals surface area contributed by atoms with Gasteiger partial charge in [-0.25, -0.2) is 4.79 Å². The van der Waals surface area contributed by atoms with E-state index in [1.165, 1.54) is 6.92 Å². The number of esters is 1. The molecule has 0 bridgehead atoms. The molecule has 0 radical (unpaired) electrons. The van der Waals surface area contributed by atoms with Crippen molar-refractivity contribution in [1.29, 1.82) is 0 Å².